The molecule has 0 saturated carbocycles. The van der Waals surface area contributed by atoms with Crippen molar-refractivity contribution in [3.63, 3.8) is 0 Å². The van der Waals surface area contributed by atoms with E-state index >= 15 is 0 Å². The van der Waals surface area contributed by atoms with Crippen molar-refractivity contribution in [1.82, 2.24) is 24.1 Å². The SMILES string of the molecule is O=c1c2c(F)cccc2cc(CCCNc2ncnc3c2ncn3[C@@H]2CCCCO2)n1-c1ccccc1. The molecule has 0 amide bonds. The van der Waals surface area contributed by atoms with Gasteiger partial charge in [0.2, 0.25) is 0 Å². The van der Waals surface area contributed by atoms with E-state index in [0.29, 0.717) is 35.4 Å². The lowest BCUT2D eigenvalue weighted by atomic mass is 10.1. The van der Waals surface area contributed by atoms with Gasteiger partial charge in [-0.3, -0.25) is 13.9 Å². The summed E-state index contributed by atoms with van der Waals surface area (Å²) in [5, 5.41) is 4.09. The third-order valence-corrected chi connectivity index (χ3v) is 6.81. The van der Waals surface area contributed by atoms with E-state index in [4.69, 9.17) is 4.74 Å². The molecule has 0 radical (unpaired) electrons. The van der Waals surface area contributed by atoms with Gasteiger partial charge in [0, 0.05) is 24.5 Å². The van der Waals surface area contributed by atoms with E-state index in [1.807, 2.05) is 41.0 Å². The first-order chi connectivity index (χ1) is 18.2. The zero-order valence-electron chi connectivity index (χ0n) is 20.3. The van der Waals surface area contributed by atoms with Crippen molar-refractivity contribution >= 4 is 27.8 Å². The van der Waals surface area contributed by atoms with Crippen molar-refractivity contribution in [2.75, 3.05) is 18.5 Å². The predicted molar refractivity (Wildman–Crippen MR) is 140 cm³/mol. The van der Waals surface area contributed by atoms with Crippen molar-refractivity contribution in [3.05, 3.63) is 89.1 Å². The third-order valence-electron chi connectivity index (χ3n) is 6.81. The second kappa shape index (κ2) is 10.1. The van der Waals surface area contributed by atoms with E-state index in [1.165, 1.54) is 12.4 Å². The number of benzene rings is 2. The maximum atomic E-state index is 14.6. The molecule has 1 atom stereocenters. The van der Waals surface area contributed by atoms with Crippen LogP contribution in [-0.2, 0) is 11.2 Å². The maximum Gasteiger partial charge on any atom is 0.266 e. The summed E-state index contributed by atoms with van der Waals surface area (Å²) in [5.41, 5.74) is 2.65. The number of para-hydroxylation sites is 1. The quantitative estimate of drug-likeness (QED) is 0.317. The lowest BCUT2D eigenvalue weighted by Gasteiger charge is -2.23. The number of aromatic nitrogens is 5. The Kier molecular flexibility index (Phi) is 6.36. The molecule has 1 aliphatic rings. The van der Waals surface area contributed by atoms with Gasteiger partial charge in [0.25, 0.3) is 5.56 Å². The minimum atomic E-state index is -0.508. The Morgan fingerprint density at radius 2 is 1.95 bits per heavy atom. The molecule has 1 saturated heterocycles. The number of nitrogens with one attached hydrogen (secondary N) is 1. The van der Waals surface area contributed by atoms with Crippen molar-refractivity contribution in [1.29, 1.82) is 0 Å². The van der Waals surface area contributed by atoms with E-state index in [-0.39, 0.29) is 17.2 Å². The molecule has 188 valence electrons. The van der Waals surface area contributed by atoms with Crippen LogP contribution in [0, 0.1) is 5.82 Å². The molecule has 0 unspecified atom stereocenters. The second-order valence-corrected chi connectivity index (χ2v) is 9.21. The fourth-order valence-electron chi connectivity index (χ4n) is 5.03. The molecule has 1 fully saturated rings. The first kappa shape index (κ1) is 23.3. The standard InChI is InChI=1S/C28H27FN6O2/c29-22-12-6-8-19-16-21(35(28(36)24(19)22)20-9-2-1-3-10-20)11-7-14-30-26-25-27(32-17-31-26)34(18-33-25)23-13-4-5-15-37-23/h1-3,6,8-10,12,16-18,23H,4-5,7,11,13-15H2,(H,30,31,32)/t23-/m0/s1. The summed E-state index contributed by atoms with van der Waals surface area (Å²) < 4.78 is 24.1. The van der Waals surface area contributed by atoms with Crippen molar-refractivity contribution < 1.29 is 9.13 Å². The molecular weight excluding hydrogens is 471 g/mol. The lowest BCUT2D eigenvalue weighted by molar-refractivity contribution is -0.0298. The Hall–Kier alpha value is -4.11. The number of hydrogen-bond donors (Lipinski definition) is 1. The lowest BCUT2D eigenvalue weighted by Crippen LogP contribution is -2.23. The fourth-order valence-corrected chi connectivity index (χ4v) is 5.03. The average Bonchev–Trinajstić information content (AvgIpc) is 3.37. The summed E-state index contributed by atoms with van der Waals surface area (Å²) in [5.74, 6) is 0.159. The smallest absolute Gasteiger partial charge is 0.266 e. The highest BCUT2D eigenvalue weighted by atomic mass is 19.1. The third kappa shape index (κ3) is 4.46. The first-order valence-corrected chi connectivity index (χ1v) is 12.6. The van der Waals surface area contributed by atoms with Gasteiger partial charge in [0.1, 0.15) is 18.4 Å². The molecule has 0 spiro atoms. The molecule has 5 aromatic rings. The van der Waals surface area contributed by atoms with Crippen LogP contribution in [0.4, 0.5) is 10.2 Å². The Balaban J connectivity index is 1.23. The van der Waals surface area contributed by atoms with Crippen LogP contribution in [0.5, 0.6) is 0 Å². The number of hydrogen-bond acceptors (Lipinski definition) is 6. The summed E-state index contributed by atoms with van der Waals surface area (Å²) in [6, 6.07) is 16.0. The van der Waals surface area contributed by atoms with Crippen LogP contribution in [-0.4, -0.2) is 37.2 Å². The Bertz CT molecular complexity index is 1610. The highest BCUT2D eigenvalue weighted by Gasteiger charge is 2.20. The summed E-state index contributed by atoms with van der Waals surface area (Å²) in [6.07, 6.45) is 7.74. The van der Waals surface area contributed by atoms with Gasteiger partial charge in [0.15, 0.2) is 17.0 Å². The van der Waals surface area contributed by atoms with Gasteiger partial charge in [-0.15, -0.1) is 0 Å². The largest absolute Gasteiger partial charge is 0.368 e. The van der Waals surface area contributed by atoms with Crippen LogP contribution in [0.1, 0.15) is 37.6 Å². The molecule has 0 bridgehead atoms. The fraction of sp³-hybridized carbons (Fsp3) is 0.286. The molecule has 2 aromatic carbocycles. The normalized spacial score (nSPS) is 15.9. The summed E-state index contributed by atoms with van der Waals surface area (Å²) in [7, 11) is 0. The van der Waals surface area contributed by atoms with Gasteiger partial charge in [-0.1, -0.05) is 30.3 Å². The average molecular weight is 499 g/mol. The van der Waals surface area contributed by atoms with Crippen LogP contribution in [0.15, 0.2) is 72.0 Å². The zero-order valence-corrected chi connectivity index (χ0v) is 20.3. The first-order valence-electron chi connectivity index (χ1n) is 12.6. The number of nitrogens with zero attached hydrogens (tertiary/aromatic N) is 5. The van der Waals surface area contributed by atoms with Gasteiger partial charge in [-0.25, -0.2) is 19.3 Å². The molecule has 4 heterocycles. The van der Waals surface area contributed by atoms with Gasteiger partial charge in [-0.05, 0) is 61.8 Å². The predicted octanol–water partition coefficient (Wildman–Crippen LogP) is 5.01. The monoisotopic (exact) mass is 498 g/mol. The van der Waals surface area contributed by atoms with Crippen LogP contribution in [0.25, 0.3) is 27.6 Å². The van der Waals surface area contributed by atoms with E-state index in [1.54, 1.807) is 23.0 Å². The van der Waals surface area contributed by atoms with Crippen LogP contribution >= 0.6 is 0 Å². The molecule has 1 N–H and O–H groups in total. The van der Waals surface area contributed by atoms with E-state index < -0.39 is 5.82 Å². The number of ether oxygens (including phenoxy) is 1. The van der Waals surface area contributed by atoms with Gasteiger partial charge in [-0.2, -0.15) is 0 Å². The summed E-state index contributed by atoms with van der Waals surface area (Å²) in [6.45, 7) is 1.36. The Labute approximate surface area is 212 Å². The summed E-state index contributed by atoms with van der Waals surface area (Å²) in [4.78, 5) is 26.8. The summed E-state index contributed by atoms with van der Waals surface area (Å²) >= 11 is 0. The number of anilines is 1. The minimum absolute atomic E-state index is 0.0473. The van der Waals surface area contributed by atoms with E-state index in [2.05, 4.69) is 20.3 Å². The van der Waals surface area contributed by atoms with E-state index in [0.717, 1.165) is 43.6 Å². The van der Waals surface area contributed by atoms with Crippen molar-refractivity contribution in [2.45, 2.75) is 38.3 Å². The number of rotatable bonds is 7. The van der Waals surface area contributed by atoms with Crippen LogP contribution in [0.3, 0.4) is 0 Å². The minimum Gasteiger partial charge on any atom is -0.368 e. The number of aryl methyl sites for hydroxylation is 1. The Morgan fingerprint density at radius 1 is 1.05 bits per heavy atom. The molecule has 37 heavy (non-hydrogen) atoms. The molecule has 6 rings (SSSR count). The Morgan fingerprint density at radius 3 is 2.78 bits per heavy atom. The molecule has 8 nitrogen and oxygen atoms in total. The molecule has 1 aliphatic heterocycles. The topological polar surface area (TPSA) is 86.9 Å². The maximum absolute atomic E-state index is 14.6. The molecular formula is C28H27FN6O2. The van der Waals surface area contributed by atoms with Crippen LogP contribution in [0.2, 0.25) is 0 Å². The van der Waals surface area contributed by atoms with E-state index in [9.17, 15) is 9.18 Å². The number of fused-ring (bicyclic) bond motifs is 2. The molecule has 9 heteroatoms. The number of pyridine rings is 1. The van der Waals surface area contributed by atoms with Crippen molar-refractivity contribution in [3.8, 4) is 5.69 Å². The van der Waals surface area contributed by atoms with Gasteiger partial charge >= 0.3 is 0 Å². The number of halogens is 1. The second-order valence-electron chi connectivity index (χ2n) is 9.21. The van der Waals surface area contributed by atoms with Crippen molar-refractivity contribution in [2.24, 2.45) is 0 Å². The highest BCUT2D eigenvalue weighted by Crippen LogP contribution is 2.27. The van der Waals surface area contributed by atoms with Crippen LogP contribution < -0.4 is 10.9 Å². The van der Waals surface area contributed by atoms with Gasteiger partial charge < -0.3 is 10.1 Å². The highest BCUT2D eigenvalue weighted by molar-refractivity contribution is 5.83. The van der Waals surface area contributed by atoms with Gasteiger partial charge in [0.05, 0.1) is 11.7 Å². The molecule has 3 aromatic heterocycles. The zero-order chi connectivity index (χ0) is 25.2. The number of imidazole rings is 1. The molecule has 0 aliphatic carbocycles.